The molecular weight excluding hydrogens is 194 g/mol. The summed E-state index contributed by atoms with van der Waals surface area (Å²) in [6.45, 7) is 4.54. The molecule has 0 saturated heterocycles. The first-order valence-corrected chi connectivity index (χ1v) is 6.78. The molecule has 0 amide bonds. The monoisotopic (exact) mass is 219 g/mol. The highest BCUT2D eigenvalue weighted by Crippen LogP contribution is 2.26. The van der Waals surface area contributed by atoms with Crippen molar-refractivity contribution >= 4 is 0 Å². The summed E-state index contributed by atoms with van der Waals surface area (Å²) in [6, 6.07) is 4.29. The highest BCUT2D eigenvalue weighted by atomic mass is 14.6. The van der Waals surface area contributed by atoms with Crippen molar-refractivity contribution in [2.24, 2.45) is 0 Å². The Morgan fingerprint density at radius 3 is 2.56 bits per heavy atom. The SMILES string of the molecule is CCCCCCC(CCC)c1cccnc1. The summed E-state index contributed by atoms with van der Waals surface area (Å²) in [5.74, 6) is 0.732. The second-order valence-electron chi connectivity index (χ2n) is 4.62. The summed E-state index contributed by atoms with van der Waals surface area (Å²) in [4.78, 5) is 4.23. The number of unbranched alkanes of at least 4 members (excludes halogenated alkanes) is 3. The van der Waals surface area contributed by atoms with E-state index in [0.717, 1.165) is 5.92 Å². The van der Waals surface area contributed by atoms with Gasteiger partial charge >= 0.3 is 0 Å². The first-order chi connectivity index (χ1) is 7.88. The van der Waals surface area contributed by atoms with Gasteiger partial charge in [0, 0.05) is 12.4 Å². The molecule has 0 fully saturated rings. The third-order valence-electron chi connectivity index (χ3n) is 3.20. The number of aromatic nitrogens is 1. The van der Waals surface area contributed by atoms with Gasteiger partial charge in [0.1, 0.15) is 0 Å². The minimum atomic E-state index is 0.732. The van der Waals surface area contributed by atoms with E-state index in [4.69, 9.17) is 0 Å². The zero-order valence-electron chi connectivity index (χ0n) is 10.8. The Morgan fingerprint density at radius 1 is 1.06 bits per heavy atom. The molecule has 0 bridgehead atoms. The molecule has 1 atom stereocenters. The quantitative estimate of drug-likeness (QED) is 0.565. The lowest BCUT2D eigenvalue weighted by Gasteiger charge is -2.15. The lowest BCUT2D eigenvalue weighted by atomic mass is 9.90. The molecule has 1 unspecified atom stereocenters. The predicted octanol–water partition coefficient (Wildman–Crippen LogP) is 4.94. The van der Waals surface area contributed by atoms with Gasteiger partial charge in [0.15, 0.2) is 0 Å². The molecule has 1 aromatic heterocycles. The highest BCUT2D eigenvalue weighted by molar-refractivity contribution is 5.14. The van der Waals surface area contributed by atoms with E-state index in [2.05, 4.69) is 31.0 Å². The van der Waals surface area contributed by atoms with Gasteiger partial charge in [-0.15, -0.1) is 0 Å². The zero-order chi connectivity index (χ0) is 11.6. The van der Waals surface area contributed by atoms with Gasteiger partial charge in [0.2, 0.25) is 0 Å². The summed E-state index contributed by atoms with van der Waals surface area (Å²) in [7, 11) is 0. The Hall–Kier alpha value is -0.850. The minimum Gasteiger partial charge on any atom is -0.264 e. The summed E-state index contributed by atoms with van der Waals surface area (Å²) in [6.07, 6.45) is 13.3. The fourth-order valence-corrected chi connectivity index (χ4v) is 2.26. The van der Waals surface area contributed by atoms with E-state index < -0.39 is 0 Å². The Bertz CT molecular complexity index is 255. The molecule has 90 valence electrons. The molecule has 1 rings (SSSR count). The van der Waals surface area contributed by atoms with Crippen LogP contribution in [0.4, 0.5) is 0 Å². The van der Waals surface area contributed by atoms with Crippen LogP contribution in [-0.4, -0.2) is 4.98 Å². The maximum Gasteiger partial charge on any atom is 0.0302 e. The summed E-state index contributed by atoms with van der Waals surface area (Å²) in [5.41, 5.74) is 1.43. The van der Waals surface area contributed by atoms with Gasteiger partial charge in [0.05, 0.1) is 0 Å². The van der Waals surface area contributed by atoms with E-state index >= 15 is 0 Å². The fraction of sp³-hybridized carbons (Fsp3) is 0.667. The van der Waals surface area contributed by atoms with Gasteiger partial charge in [0.25, 0.3) is 0 Å². The molecule has 0 aliphatic rings. The van der Waals surface area contributed by atoms with Crippen LogP contribution in [0.5, 0.6) is 0 Å². The first-order valence-electron chi connectivity index (χ1n) is 6.78. The lowest BCUT2D eigenvalue weighted by molar-refractivity contribution is 0.520. The Morgan fingerprint density at radius 2 is 1.94 bits per heavy atom. The largest absolute Gasteiger partial charge is 0.264 e. The first kappa shape index (κ1) is 13.2. The van der Waals surface area contributed by atoms with Crippen molar-refractivity contribution < 1.29 is 0 Å². The molecule has 1 aromatic rings. The predicted molar refractivity (Wildman–Crippen MR) is 70.6 cm³/mol. The molecule has 0 aliphatic carbocycles. The van der Waals surface area contributed by atoms with Crippen molar-refractivity contribution in [3.8, 4) is 0 Å². The van der Waals surface area contributed by atoms with Crippen LogP contribution >= 0.6 is 0 Å². The third-order valence-corrected chi connectivity index (χ3v) is 3.20. The molecule has 16 heavy (non-hydrogen) atoms. The van der Waals surface area contributed by atoms with Crippen LogP contribution in [0.1, 0.15) is 70.3 Å². The number of pyridine rings is 1. The van der Waals surface area contributed by atoms with Gasteiger partial charge in [-0.2, -0.15) is 0 Å². The van der Waals surface area contributed by atoms with E-state index in [1.165, 1.54) is 50.5 Å². The van der Waals surface area contributed by atoms with Gasteiger partial charge in [-0.25, -0.2) is 0 Å². The normalized spacial score (nSPS) is 12.6. The average molecular weight is 219 g/mol. The van der Waals surface area contributed by atoms with Gasteiger partial charge < -0.3 is 0 Å². The van der Waals surface area contributed by atoms with E-state index in [0.29, 0.717) is 0 Å². The van der Waals surface area contributed by atoms with Gasteiger partial charge in [-0.1, -0.05) is 52.0 Å². The van der Waals surface area contributed by atoms with E-state index in [-0.39, 0.29) is 0 Å². The van der Waals surface area contributed by atoms with Crippen molar-refractivity contribution in [1.29, 1.82) is 0 Å². The Balaban J connectivity index is 2.41. The minimum absolute atomic E-state index is 0.732. The molecule has 0 aliphatic heterocycles. The van der Waals surface area contributed by atoms with E-state index in [1.807, 2.05) is 12.4 Å². The van der Waals surface area contributed by atoms with Crippen LogP contribution in [0.3, 0.4) is 0 Å². The molecule has 1 heterocycles. The summed E-state index contributed by atoms with van der Waals surface area (Å²) >= 11 is 0. The number of hydrogen-bond acceptors (Lipinski definition) is 1. The number of rotatable bonds is 8. The molecule has 1 heteroatoms. The highest BCUT2D eigenvalue weighted by Gasteiger charge is 2.09. The molecule has 0 N–H and O–H groups in total. The third kappa shape index (κ3) is 4.78. The zero-order valence-corrected chi connectivity index (χ0v) is 10.8. The topological polar surface area (TPSA) is 12.9 Å². The fourth-order valence-electron chi connectivity index (χ4n) is 2.26. The van der Waals surface area contributed by atoms with Crippen LogP contribution in [-0.2, 0) is 0 Å². The summed E-state index contributed by atoms with van der Waals surface area (Å²) < 4.78 is 0. The molecule has 0 aromatic carbocycles. The van der Waals surface area contributed by atoms with Gasteiger partial charge in [-0.3, -0.25) is 4.98 Å². The second-order valence-corrected chi connectivity index (χ2v) is 4.62. The van der Waals surface area contributed by atoms with Gasteiger partial charge in [-0.05, 0) is 30.4 Å². The van der Waals surface area contributed by atoms with Crippen molar-refractivity contribution in [3.63, 3.8) is 0 Å². The Labute approximate surface area is 100 Å². The smallest absolute Gasteiger partial charge is 0.0302 e. The number of nitrogens with zero attached hydrogens (tertiary/aromatic N) is 1. The molecule has 1 nitrogen and oxygen atoms in total. The standard InChI is InChI=1S/C15H25N/c1-3-5-6-7-10-14(9-4-2)15-11-8-12-16-13-15/h8,11-14H,3-7,9-10H2,1-2H3. The molecule has 0 radical (unpaired) electrons. The number of hydrogen-bond donors (Lipinski definition) is 0. The van der Waals surface area contributed by atoms with Crippen LogP contribution < -0.4 is 0 Å². The van der Waals surface area contributed by atoms with Crippen molar-refractivity contribution in [2.75, 3.05) is 0 Å². The maximum absolute atomic E-state index is 4.23. The van der Waals surface area contributed by atoms with Crippen molar-refractivity contribution in [2.45, 2.75) is 64.7 Å². The van der Waals surface area contributed by atoms with Crippen LogP contribution in [0.25, 0.3) is 0 Å². The Kier molecular flexibility index (Phi) is 6.87. The molecular formula is C15H25N. The average Bonchev–Trinajstić information content (AvgIpc) is 2.34. The van der Waals surface area contributed by atoms with Crippen molar-refractivity contribution in [1.82, 2.24) is 4.98 Å². The summed E-state index contributed by atoms with van der Waals surface area (Å²) in [5, 5.41) is 0. The maximum atomic E-state index is 4.23. The second kappa shape index (κ2) is 8.32. The molecule has 0 saturated carbocycles. The van der Waals surface area contributed by atoms with Crippen LogP contribution in [0, 0.1) is 0 Å². The van der Waals surface area contributed by atoms with E-state index in [9.17, 15) is 0 Å². The van der Waals surface area contributed by atoms with Crippen molar-refractivity contribution in [3.05, 3.63) is 30.1 Å². The molecule has 0 spiro atoms. The van der Waals surface area contributed by atoms with E-state index in [1.54, 1.807) is 0 Å². The van der Waals surface area contributed by atoms with Crippen LogP contribution in [0.2, 0.25) is 0 Å². The van der Waals surface area contributed by atoms with Crippen LogP contribution in [0.15, 0.2) is 24.5 Å². The lowest BCUT2D eigenvalue weighted by Crippen LogP contribution is -1.99.